The van der Waals surface area contributed by atoms with Gasteiger partial charge in [-0.1, -0.05) is 18.2 Å². The molecule has 2 rings (SSSR count). The van der Waals surface area contributed by atoms with Crippen molar-refractivity contribution in [3.63, 3.8) is 0 Å². The van der Waals surface area contributed by atoms with Gasteiger partial charge in [0.15, 0.2) is 0 Å². The second-order valence-corrected chi connectivity index (χ2v) is 6.21. The Hall–Kier alpha value is -3.46. The molecule has 0 atom stereocenters. The maximum atomic E-state index is 12.9. The Morgan fingerprint density at radius 1 is 1.17 bits per heavy atom. The Morgan fingerprint density at radius 2 is 1.90 bits per heavy atom. The van der Waals surface area contributed by atoms with Gasteiger partial charge in [0.25, 0.3) is 11.6 Å². The number of ether oxygens (including phenoxy) is 2. The summed E-state index contributed by atoms with van der Waals surface area (Å²) in [7, 11) is 3.02. The molecule has 2 aromatic carbocycles. The summed E-state index contributed by atoms with van der Waals surface area (Å²) in [6.45, 7) is 0.746. The molecule has 0 aromatic heterocycles. The molecule has 0 aliphatic carbocycles. The van der Waals surface area contributed by atoms with E-state index in [1.807, 2.05) is 6.07 Å². The number of nitrogens with one attached hydrogen (secondary N) is 1. The molecule has 0 aliphatic rings. The molecule has 0 saturated heterocycles. The van der Waals surface area contributed by atoms with Gasteiger partial charge in [0.05, 0.1) is 17.0 Å². The van der Waals surface area contributed by atoms with Crippen LogP contribution in [0.2, 0.25) is 0 Å². The van der Waals surface area contributed by atoms with E-state index in [1.165, 1.54) is 24.1 Å². The number of likely N-dealkylation sites (N-methyl/N-ethyl adjacent to an activating group) is 1. The normalized spacial score (nSPS) is 10.3. The number of para-hydroxylation sites is 1. The van der Waals surface area contributed by atoms with Crippen LogP contribution in [0.4, 0.5) is 5.69 Å². The Labute approximate surface area is 168 Å². The molecule has 9 heteroatoms. The SMILES string of the molecule is COCCCNC(=O)CN(C)C(=O)c1cc([N+](=O)[O-])ccc1Oc1ccccc1. The largest absolute Gasteiger partial charge is 0.457 e. The van der Waals surface area contributed by atoms with Crippen molar-refractivity contribution >= 4 is 17.5 Å². The minimum atomic E-state index is -0.592. The molecule has 0 unspecified atom stereocenters. The number of nitrogens with zero attached hydrogens (tertiary/aromatic N) is 2. The highest BCUT2D eigenvalue weighted by Crippen LogP contribution is 2.29. The van der Waals surface area contributed by atoms with Gasteiger partial charge in [-0.05, 0) is 24.6 Å². The molecule has 0 saturated carbocycles. The molecule has 0 heterocycles. The van der Waals surface area contributed by atoms with Crippen LogP contribution in [-0.4, -0.2) is 55.5 Å². The van der Waals surface area contributed by atoms with E-state index < -0.39 is 10.8 Å². The molecule has 0 radical (unpaired) electrons. The van der Waals surface area contributed by atoms with Gasteiger partial charge in [-0.15, -0.1) is 0 Å². The van der Waals surface area contributed by atoms with Gasteiger partial charge in [0.2, 0.25) is 5.91 Å². The number of nitro groups is 1. The summed E-state index contributed by atoms with van der Waals surface area (Å²) >= 11 is 0. The Balaban J connectivity index is 2.16. The number of rotatable bonds is 10. The molecule has 0 aliphatic heterocycles. The van der Waals surface area contributed by atoms with Crippen molar-refractivity contribution in [3.05, 3.63) is 64.2 Å². The third kappa shape index (κ3) is 6.58. The van der Waals surface area contributed by atoms with Gasteiger partial charge in [-0.3, -0.25) is 19.7 Å². The summed E-state index contributed by atoms with van der Waals surface area (Å²) in [4.78, 5) is 36.6. The van der Waals surface area contributed by atoms with Crippen LogP contribution in [0.15, 0.2) is 48.5 Å². The summed E-state index contributed by atoms with van der Waals surface area (Å²) < 4.78 is 10.6. The van der Waals surface area contributed by atoms with Crippen molar-refractivity contribution in [2.24, 2.45) is 0 Å². The van der Waals surface area contributed by atoms with E-state index in [9.17, 15) is 19.7 Å². The first-order valence-electron chi connectivity index (χ1n) is 8.95. The smallest absolute Gasteiger partial charge is 0.270 e. The maximum Gasteiger partial charge on any atom is 0.270 e. The number of hydrogen-bond acceptors (Lipinski definition) is 6. The highest BCUT2D eigenvalue weighted by atomic mass is 16.6. The van der Waals surface area contributed by atoms with Crippen LogP contribution in [-0.2, 0) is 9.53 Å². The van der Waals surface area contributed by atoms with Crippen LogP contribution in [0.5, 0.6) is 11.5 Å². The molecular formula is C20H23N3O6. The second-order valence-electron chi connectivity index (χ2n) is 6.21. The zero-order valence-electron chi connectivity index (χ0n) is 16.3. The first-order valence-corrected chi connectivity index (χ1v) is 8.95. The van der Waals surface area contributed by atoms with E-state index in [0.717, 1.165) is 6.07 Å². The molecular weight excluding hydrogens is 378 g/mol. The fourth-order valence-corrected chi connectivity index (χ4v) is 2.50. The zero-order valence-corrected chi connectivity index (χ0v) is 16.3. The Morgan fingerprint density at radius 3 is 2.55 bits per heavy atom. The van der Waals surface area contributed by atoms with Gasteiger partial charge in [-0.25, -0.2) is 0 Å². The fourth-order valence-electron chi connectivity index (χ4n) is 2.50. The van der Waals surface area contributed by atoms with Gasteiger partial charge < -0.3 is 19.7 Å². The van der Waals surface area contributed by atoms with Crippen LogP contribution in [0.3, 0.4) is 0 Å². The van der Waals surface area contributed by atoms with Crippen LogP contribution in [0.1, 0.15) is 16.8 Å². The number of carbonyl (C=O) groups is 2. The lowest BCUT2D eigenvalue weighted by molar-refractivity contribution is -0.384. The van der Waals surface area contributed by atoms with Gasteiger partial charge in [0.1, 0.15) is 11.5 Å². The molecule has 154 valence electrons. The second kappa shape index (κ2) is 10.8. The van der Waals surface area contributed by atoms with E-state index >= 15 is 0 Å². The quantitative estimate of drug-likeness (QED) is 0.372. The highest BCUT2D eigenvalue weighted by Gasteiger charge is 2.22. The number of methoxy groups -OCH3 is 1. The van der Waals surface area contributed by atoms with E-state index in [4.69, 9.17) is 9.47 Å². The van der Waals surface area contributed by atoms with E-state index in [2.05, 4.69) is 5.32 Å². The van der Waals surface area contributed by atoms with Crippen molar-refractivity contribution in [3.8, 4) is 11.5 Å². The van der Waals surface area contributed by atoms with Crippen molar-refractivity contribution in [2.45, 2.75) is 6.42 Å². The zero-order chi connectivity index (χ0) is 21.2. The minimum Gasteiger partial charge on any atom is -0.457 e. The number of non-ortho nitro benzene ring substituents is 1. The maximum absolute atomic E-state index is 12.9. The van der Waals surface area contributed by atoms with Crippen molar-refractivity contribution in [1.29, 1.82) is 0 Å². The lowest BCUT2D eigenvalue weighted by Gasteiger charge is -2.19. The standard InChI is InChI=1S/C20H23N3O6/c1-22(14-19(24)21-11-6-12-28-2)20(25)17-13-15(23(26)27)9-10-18(17)29-16-7-4-3-5-8-16/h3-5,7-10,13H,6,11-12,14H2,1-2H3,(H,21,24). The highest BCUT2D eigenvalue weighted by molar-refractivity contribution is 5.99. The minimum absolute atomic E-state index is 0.00210. The molecule has 0 fully saturated rings. The predicted octanol–water partition coefficient (Wildman–Crippen LogP) is 2.61. The van der Waals surface area contributed by atoms with Crippen LogP contribution >= 0.6 is 0 Å². The summed E-state index contributed by atoms with van der Waals surface area (Å²) in [5, 5.41) is 13.8. The van der Waals surface area contributed by atoms with Crippen LogP contribution < -0.4 is 10.1 Å². The fraction of sp³-hybridized carbons (Fsp3) is 0.300. The molecule has 0 spiro atoms. The van der Waals surface area contributed by atoms with Crippen molar-refractivity contribution in [2.75, 3.05) is 33.9 Å². The number of nitro benzene ring substituents is 1. The Kier molecular flexibility index (Phi) is 8.11. The topological polar surface area (TPSA) is 111 Å². The van der Waals surface area contributed by atoms with E-state index in [0.29, 0.717) is 25.3 Å². The average molecular weight is 401 g/mol. The molecule has 29 heavy (non-hydrogen) atoms. The van der Waals surface area contributed by atoms with Crippen LogP contribution in [0.25, 0.3) is 0 Å². The molecule has 2 aromatic rings. The van der Waals surface area contributed by atoms with Gasteiger partial charge in [0, 0.05) is 39.4 Å². The molecule has 1 N–H and O–H groups in total. The van der Waals surface area contributed by atoms with Crippen LogP contribution in [0, 0.1) is 10.1 Å². The molecule has 9 nitrogen and oxygen atoms in total. The molecule has 2 amide bonds. The van der Waals surface area contributed by atoms with Gasteiger partial charge in [-0.2, -0.15) is 0 Å². The lowest BCUT2D eigenvalue weighted by atomic mass is 10.1. The third-order valence-electron chi connectivity index (χ3n) is 3.95. The number of hydrogen-bond donors (Lipinski definition) is 1. The predicted molar refractivity (Wildman–Crippen MR) is 106 cm³/mol. The number of amides is 2. The van der Waals surface area contributed by atoms with Gasteiger partial charge >= 0.3 is 0 Å². The third-order valence-corrected chi connectivity index (χ3v) is 3.95. The van der Waals surface area contributed by atoms with E-state index in [1.54, 1.807) is 31.4 Å². The summed E-state index contributed by atoms with van der Waals surface area (Å²) in [5.74, 6) is -0.257. The van der Waals surface area contributed by atoms with Crippen molar-refractivity contribution < 1.29 is 24.0 Å². The first-order chi connectivity index (χ1) is 13.9. The number of benzene rings is 2. The molecule has 0 bridgehead atoms. The Bertz CT molecular complexity index is 857. The summed E-state index contributed by atoms with van der Waals surface area (Å²) in [6, 6.07) is 12.5. The summed E-state index contributed by atoms with van der Waals surface area (Å²) in [5.41, 5.74) is -0.246. The summed E-state index contributed by atoms with van der Waals surface area (Å²) in [6.07, 6.45) is 0.653. The van der Waals surface area contributed by atoms with E-state index in [-0.39, 0.29) is 29.5 Å². The van der Waals surface area contributed by atoms with Crippen molar-refractivity contribution in [1.82, 2.24) is 10.2 Å². The average Bonchev–Trinajstić information content (AvgIpc) is 2.71. The lowest BCUT2D eigenvalue weighted by Crippen LogP contribution is -2.39. The monoisotopic (exact) mass is 401 g/mol. The number of carbonyl (C=O) groups excluding carboxylic acids is 2. The first kappa shape index (κ1) is 21.8.